The molecule has 1 atom stereocenters. The van der Waals surface area contributed by atoms with E-state index in [0.717, 1.165) is 6.54 Å². The number of carbonyl (C=O) groups excluding carboxylic acids is 2. The number of rotatable bonds is 11. The zero-order valence-electron chi connectivity index (χ0n) is 21.9. The highest BCUT2D eigenvalue weighted by atomic mass is 16.5. The summed E-state index contributed by atoms with van der Waals surface area (Å²) in [6.45, 7) is 5.80. The molecule has 2 aromatic carbocycles. The van der Waals surface area contributed by atoms with Gasteiger partial charge in [-0.25, -0.2) is 0 Å². The molecule has 0 saturated carbocycles. The van der Waals surface area contributed by atoms with E-state index in [1.165, 1.54) is 24.0 Å². The smallest absolute Gasteiger partial charge is 0.295 e. The van der Waals surface area contributed by atoms with Crippen molar-refractivity contribution in [2.45, 2.75) is 26.3 Å². The van der Waals surface area contributed by atoms with Crippen LogP contribution in [0.5, 0.6) is 17.2 Å². The van der Waals surface area contributed by atoms with Crippen molar-refractivity contribution in [3.8, 4) is 17.2 Å². The van der Waals surface area contributed by atoms with Crippen LogP contribution in [-0.2, 0) is 9.59 Å². The first-order valence-corrected chi connectivity index (χ1v) is 12.2. The van der Waals surface area contributed by atoms with Crippen LogP contribution < -0.4 is 24.2 Å². The van der Waals surface area contributed by atoms with Gasteiger partial charge in [-0.1, -0.05) is 31.7 Å². The molecule has 0 bridgehead atoms. The van der Waals surface area contributed by atoms with E-state index in [4.69, 9.17) is 14.2 Å². The van der Waals surface area contributed by atoms with Crippen LogP contribution in [0.15, 0.2) is 48.0 Å². The highest BCUT2D eigenvalue weighted by Crippen LogP contribution is 2.43. The number of ketones is 1. The van der Waals surface area contributed by atoms with Gasteiger partial charge in [-0.05, 0) is 41.8 Å². The van der Waals surface area contributed by atoms with Gasteiger partial charge in [0.05, 0.1) is 47.5 Å². The Morgan fingerprint density at radius 1 is 1.03 bits per heavy atom. The minimum Gasteiger partial charge on any atom is -0.872 e. The summed E-state index contributed by atoms with van der Waals surface area (Å²) in [5.41, 5.74) is 0.766. The third-order valence-corrected chi connectivity index (χ3v) is 6.04. The predicted octanol–water partition coefficient (Wildman–Crippen LogP) is 1.50. The van der Waals surface area contributed by atoms with Crippen LogP contribution in [0.4, 0.5) is 0 Å². The molecular formula is C28H36N2O6. The highest BCUT2D eigenvalue weighted by molar-refractivity contribution is 6.46. The Hall–Kier alpha value is -3.52. The van der Waals surface area contributed by atoms with Crippen molar-refractivity contribution in [1.82, 2.24) is 4.90 Å². The molecule has 2 aromatic rings. The van der Waals surface area contributed by atoms with E-state index >= 15 is 0 Å². The maximum atomic E-state index is 13.7. The molecule has 1 aliphatic rings. The highest BCUT2D eigenvalue weighted by Gasteiger charge is 2.45. The van der Waals surface area contributed by atoms with Crippen molar-refractivity contribution < 1.29 is 33.8 Å². The fourth-order valence-electron chi connectivity index (χ4n) is 4.20. The minimum atomic E-state index is -0.878. The first kappa shape index (κ1) is 27.1. The lowest BCUT2D eigenvalue weighted by molar-refractivity contribution is -0.858. The maximum absolute atomic E-state index is 13.7. The molecule has 36 heavy (non-hydrogen) atoms. The lowest BCUT2D eigenvalue weighted by atomic mass is 9.94. The van der Waals surface area contributed by atoms with Gasteiger partial charge in [0.15, 0.2) is 0 Å². The summed E-state index contributed by atoms with van der Waals surface area (Å²) in [5.74, 6) is 0.0500. The van der Waals surface area contributed by atoms with E-state index in [-0.39, 0.29) is 5.57 Å². The second-order valence-electron chi connectivity index (χ2n) is 9.62. The van der Waals surface area contributed by atoms with Gasteiger partial charge in [0.25, 0.3) is 5.91 Å². The normalized spacial score (nSPS) is 17.2. The van der Waals surface area contributed by atoms with E-state index in [1.807, 2.05) is 14.1 Å². The SMILES string of the molecule is COc1ccc(OC)c(C2/C(=C(\[O-])c3ccc(OCC(C)C)cc3)C(=O)C(=O)N2CCC[NH+](C)C)c1. The van der Waals surface area contributed by atoms with Crippen molar-refractivity contribution in [2.75, 3.05) is 48.0 Å². The lowest BCUT2D eigenvalue weighted by Crippen LogP contribution is -3.05. The number of benzene rings is 2. The van der Waals surface area contributed by atoms with Gasteiger partial charge in [0.1, 0.15) is 17.2 Å². The summed E-state index contributed by atoms with van der Waals surface area (Å²) in [5, 5.41) is 13.7. The van der Waals surface area contributed by atoms with Crippen molar-refractivity contribution in [3.63, 3.8) is 0 Å². The van der Waals surface area contributed by atoms with Crippen LogP contribution in [0.25, 0.3) is 5.76 Å². The van der Waals surface area contributed by atoms with Gasteiger partial charge < -0.3 is 29.1 Å². The summed E-state index contributed by atoms with van der Waals surface area (Å²) in [6, 6.07) is 10.9. The van der Waals surface area contributed by atoms with Crippen LogP contribution in [0.1, 0.15) is 37.4 Å². The molecular weight excluding hydrogens is 460 g/mol. The molecule has 1 amide bonds. The summed E-state index contributed by atoms with van der Waals surface area (Å²) in [7, 11) is 7.10. The number of hydrogen-bond donors (Lipinski definition) is 1. The average Bonchev–Trinajstić information content (AvgIpc) is 3.11. The van der Waals surface area contributed by atoms with Gasteiger partial charge >= 0.3 is 0 Å². The standard InChI is InChI=1S/C28H36N2O6/c1-18(2)17-36-20-10-8-19(9-11-20)26(31)24-25(22-16-21(34-5)12-13-23(22)35-6)30(28(33)27(24)32)15-7-14-29(3)4/h8-13,16,18,25,31H,7,14-15,17H2,1-6H3/b26-24+. The fraction of sp³-hybridized carbons (Fsp3) is 0.429. The Morgan fingerprint density at radius 3 is 2.28 bits per heavy atom. The Labute approximate surface area is 213 Å². The minimum absolute atomic E-state index is 0.0837. The molecule has 8 nitrogen and oxygen atoms in total. The zero-order valence-corrected chi connectivity index (χ0v) is 21.9. The first-order chi connectivity index (χ1) is 17.2. The molecule has 3 rings (SSSR count). The molecule has 194 valence electrons. The number of amides is 1. The van der Waals surface area contributed by atoms with Gasteiger partial charge in [-0.3, -0.25) is 9.59 Å². The molecule has 0 aromatic heterocycles. The predicted molar refractivity (Wildman–Crippen MR) is 135 cm³/mol. The molecule has 1 saturated heterocycles. The molecule has 0 aliphatic carbocycles. The molecule has 0 spiro atoms. The van der Waals surface area contributed by atoms with Crippen LogP contribution in [0, 0.1) is 5.92 Å². The number of nitrogens with one attached hydrogen (secondary N) is 1. The number of Topliss-reactive ketones (excluding diaryl/α,β-unsaturated/α-hetero) is 1. The molecule has 1 aliphatic heterocycles. The second-order valence-corrected chi connectivity index (χ2v) is 9.62. The Bertz CT molecular complexity index is 1110. The zero-order chi connectivity index (χ0) is 26.4. The number of hydrogen-bond acceptors (Lipinski definition) is 6. The number of carbonyl (C=O) groups is 2. The van der Waals surface area contributed by atoms with Gasteiger partial charge in [-0.2, -0.15) is 0 Å². The summed E-state index contributed by atoms with van der Waals surface area (Å²) >= 11 is 0. The van der Waals surface area contributed by atoms with Crippen molar-refractivity contribution >= 4 is 17.4 Å². The van der Waals surface area contributed by atoms with E-state index in [2.05, 4.69) is 13.8 Å². The lowest BCUT2D eigenvalue weighted by Gasteiger charge is -2.29. The average molecular weight is 497 g/mol. The Morgan fingerprint density at radius 2 is 1.69 bits per heavy atom. The van der Waals surface area contributed by atoms with Crippen LogP contribution in [0.3, 0.4) is 0 Å². The number of methoxy groups -OCH3 is 2. The Kier molecular flexibility index (Phi) is 8.98. The first-order valence-electron chi connectivity index (χ1n) is 12.2. The second kappa shape index (κ2) is 11.9. The Balaban J connectivity index is 2.10. The fourth-order valence-corrected chi connectivity index (χ4v) is 4.20. The molecule has 0 radical (unpaired) electrons. The number of ether oxygens (including phenoxy) is 3. The molecule has 1 heterocycles. The summed E-state index contributed by atoms with van der Waals surface area (Å²) < 4.78 is 16.7. The van der Waals surface area contributed by atoms with Crippen molar-refractivity contribution in [3.05, 3.63) is 59.2 Å². The monoisotopic (exact) mass is 496 g/mol. The number of nitrogens with zero attached hydrogens (tertiary/aromatic N) is 1. The summed E-state index contributed by atoms with van der Waals surface area (Å²) in [6.07, 6.45) is 0.674. The van der Waals surface area contributed by atoms with Crippen molar-refractivity contribution in [2.24, 2.45) is 5.92 Å². The maximum Gasteiger partial charge on any atom is 0.295 e. The molecule has 1 N–H and O–H groups in total. The van der Waals surface area contributed by atoms with Crippen LogP contribution >= 0.6 is 0 Å². The van der Waals surface area contributed by atoms with Crippen LogP contribution in [0.2, 0.25) is 0 Å². The molecule has 8 heteroatoms. The van der Waals surface area contributed by atoms with Gasteiger partial charge in [0.2, 0.25) is 5.78 Å². The third kappa shape index (κ3) is 5.99. The third-order valence-electron chi connectivity index (χ3n) is 6.04. The largest absolute Gasteiger partial charge is 0.872 e. The quantitative estimate of drug-likeness (QED) is 0.288. The van der Waals surface area contributed by atoms with E-state index in [0.29, 0.717) is 53.9 Å². The van der Waals surface area contributed by atoms with Crippen molar-refractivity contribution in [1.29, 1.82) is 0 Å². The molecule has 1 fully saturated rings. The van der Waals surface area contributed by atoms with Gasteiger partial charge in [0, 0.05) is 24.1 Å². The summed E-state index contributed by atoms with van der Waals surface area (Å²) in [4.78, 5) is 29.1. The van der Waals surface area contributed by atoms with E-state index in [1.54, 1.807) is 42.5 Å². The van der Waals surface area contributed by atoms with Crippen LogP contribution in [-0.4, -0.2) is 64.6 Å². The number of quaternary nitrogens is 1. The van der Waals surface area contributed by atoms with E-state index < -0.39 is 23.5 Å². The number of likely N-dealkylation sites (tertiary alicyclic amines) is 1. The van der Waals surface area contributed by atoms with Gasteiger partial charge in [-0.15, -0.1) is 0 Å². The molecule has 1 unspecified atom stereocenters. The van der Waals surface area contributed by atoms with E-state index in [9.17, 15) is 14.7 Å². The topological polar surface area (TPSA) is 92.6 Å².